The van der Waals surface area contributed by atoms with E-state index in [2.05, 4.69) is 17.1 Å². The number of nitrogens with one attached hydrogen (secondary N) is 1. The number of rotatable bonds is 5. The van der Waals surface area contributed by atoms with Crippen molar-refractivity contribution >= 4 is 0 Å². The van der Waals surface area contributed by atoms with Gasteiger partial charge < -0.3 is 15.2 Å². The summed E-state index contributed by atoms with van der Waals surface area (Å²) in [7, 11) is 0. The van der Waals surface area contributed by atoms with Gasteiger partial charge in [-0.2, -0.15) is 0 Å². The Hall–Kier alpha value is -0.160. The number of ether oxygens (including phenoxy) is 1. The number of piperidine rings is 1. The van der Waals surface area contributed by atoms with E-state index in [-0.39, 0.29) is 12.1 Å². The second-order valence-corrected chi connectivity index (χ2v) is 5.36. The zero-order chi connectivity index (χ0) is 12.1. The summed E-state index contributed by atoms with van der Waals surface area (Å²) in [6, 6.07) is 0.250. The standard InChI is InChI=1S/C13H26N2O2/c1-2-5-14-8-11-3-6-15(7-4-11)12-9-17-10-13(12)16/h11-14,16H,2-10H2,1H3. The SMILES string of the molecule is CCCNCC1CCN(C2COCC2O)CC1. The molecule has 0 aromatic carbocycles. The topological polar surface area (TPSA) is 44.7 Å². The minimum Gasteiger partial charge on any atom is -0.389 e. The van der Waals surface area contributed by atoms with E-state index in [1.165, 1.54) is 19.3 Å². The van der Waals surface area contributed by atoms with E-state index in [0.29, 0.717) is 13.2 Å². The van der Waals surface area contributed by atoms with Crippen LogP contribution in [0.1, 0.15) is 26.2 Å². The number of aliphatic hydroxyl groups excluding tert-OH is 1. The molecule has 2 unspecified atom stereocenters. The summed E-state index contributed by atoms with van der Waals surface area (Å²) in [6.45, 7) is 7.95. The molecule has 0 aliphatic carbocycles. The molecular formula is C13H26N2O2. The Morgan fingerprint density at radius 1 is 1.29 bits per heavy atom. The molecule has 0 spiro atoms. The molecule has 2 atom stereocenters. The van der Waals surface area contributed by atoms with Crippen molar-refractivity contribution in [2.45, 2.75) is 38.3 Å². The van der Waals surface area contributed by atoms with Crippen LogP contribution in [0, 0.1) is 5.92 Å². The first kappa shape index (κ1) is 13.3. The van der Waals surface area contributed by atoms with Crippen molar-refractivity contribution in [2.24, 2.45) is 5.92 Å². The third-order valence-corrected chi connectivity index (χ3v) is 4.00. The first-order valence-corrected chi connectivity index (χ1v) is 7.01. The molecule has 100 valence electrons. The maximum absolute atomic E-state index is 9.80. The van der Waals surface area contributed by atoms with Crippen LogP contribution in [-0.2, 0) is 4.74 Å². The lowest BCUT2D eigenvalue weighted by molar-refractivity contribution is 0.0587. The largest absolute Gasteiger partial charge is 0.389 e. The number of hydrogen-bond donors (Lipinski definition) is 2. The Morgan fingerprint density at radius 2 is 2.06 bits per heavy atom. The fourth-order valence-electron chi connectivity index (χ4n) is 2.85. The zero-order valence-electron chi connectivity index (χ0n) is 10.9. The van der Waals surface area contributed by atoms with E-state index >= 15 is 0 Å². The van der Waals surface area contributed by atoms with Crippen LogP contribution in [-0.4, -0.2) is 61.5 Å². The molecule has 0 aromatic heterocycles. The van der Waals surface area contributed by atoms with Crippen molar-refractivity contribution in [3.63, 3.8) is 0 Å². The highest BCUT2D eigenvalue weighted by atomic mass is 16.5. The maximum atomic E-state index is 9.80. The monoisotopic (exact) mass is 242 g/mol. The van der Waals surface area contributed by atoms with Crippen molar-refractivity contribution in [2.75, 3.05) is 39.4 Å². The van der Waals surface area contributed by atoms with Gasteiger partial charge in [0.2, 0.25) is 0 Å². The molecule has 0 radical (unpaired) electrons. The first-order valence-electron chi connectivity index (χ1n) is 7.01. The third-order valence-electron chi connectivity index (χ3n) is 4.00. The predicted molar refractivity (Wildman–Crippen MR) is 68.1 cm³/mol. The number of nitrogens with zero attached hydrogens (tertiary/aromatic N) is 1. The van der Waals surface area contributed by atoms with E-state index < -0.39 is 0 Å². The lowest BCUT2D eigenvalue weighted by Crippen LogP contribution is -2.48. The molecule has 0 aromatic rings. The van der Waals surface area contributed by atoms with Gasteiger partial charge in [0.05, 0.1) is 25.4 Å². The van der Waals surface area contributed by atoms with Crippen molar-refractivity contribution in [3.05, 3.63) is 0 Å². The van der Waals surface area contributed by atoms with E-state index in [1.54, 1.807) is 0 Å². The molecule has 0 saturated carbocycles. The van der Waals surface area contributed by atoms with Gasteiger partial charge in [0.15, 0.2) is 0 Å². The van der Waals surface area contributed by atoms with Crippen LogP contribution in [0.4, 0.5) is 0 Å². The summed E-state index contributed by atoms with van der Waals surface area (Å²) >= 11 is 0. The van der Waals surface area contributed by atoms with E-state index in [4.69, 9.17) is 4.74 Å². The molecule has 2 N–H and O–H groups in total. The lowest BCUT2D eigenvalue weighted by atomic mass is 9.95. The number of hydrogen-bond acceptors (Lipinski definition) is 4. The van der Waals surface area contributed by atoms with Crippen LogP contribution in [0.2, 0.25) is 0 Å². The van der Waals surface area contributed by atoms with E-state index in [1.807, 2.05) is 0 Å². The van der Waals surface area contributed by atoms with Crippen LogP contribution in [0.15, 0.2) is 0 Å². The van der Waals surface area contributed by atoms with Gasteiger partial charge in [0.25, 0.3) is 0 Å². The normalized spacial score (nSPS) is 32.1. The highest BCUT2D eigenvalue weighted by molar-refractivity contribution is 4.86. The Balaban J connectivity index is 1.67. The van der Waals surface area contributed by atoms with Gasteiger partial charge in [-0.3, -0.25) is 4.90 Å². The van der Waals surface area contributed by atoms with Crippen LogP contribution in [0.3, 0.4) is 0 Å². The van der Waals surface area contributed by atoms with E-state index in [9.17, 15) is 5.11 Å². The Labute approximate surface area is 104 Å². The second kappa shape index (κ2) is 6.69. The van der Waals surface area contributed by atoms with Gasteiger partial charge in [-0.25, -0.2) is 0 Å². The Bertz CT molecular complexity index is 217. The lowest BCUT2D eigenvalue weighted by Gasteiger charge is -2.36. The number of likely N-dealkylation sites (tertiary alicyclic amines) is 1. The Kier molecular flexibility index (Phi) is 5.22. The highest BCUT2D eigenvalue weighted by Gasteiger charge is 2.33. The molecule has 2 aliphatic heterocycles. The van der Waals surface area contributed by atoms with Crippen molar-refractivity contribution in [3.8, 4) is 0 Å². The molecule has 4 heteroatoms. The molecule has 2 fully saturated rings. The fraction of sp³-hybridized carbons (Fsp3) is 1.00. The van der Waals surface area contributed by atoms with Gasteiger partial charge in [0, 0.05) is 0 Å². The van der Waals surface area contributed by atoms with Crippen molar-refractivity contribution in [1.82, 2.24) is 10.2 Å². The predicted octanol–water partition coefficient (Wildman–Crippen LogP) is 0.458. The molecule has 0 bridgehead atoms. The molecule has 2 aliphatic rings. The molecular weight excluding hydrogens is 216 g/mol. The van der Waals surface area contributed by atoms with Crippen molar-refractivity contribution in [1.29, 1.82) is 0 Å². The summed E-state index contributed by atoms with van der Waals surface area (Å²) in [4.78, 5) is 2.41. The quantitative estimate of drug-likeness (QED) is 0.688. The average Bonchev–Trinajstić information content (AvgIpc) is 2.77. The van der Waals surface area contributed by atoms with Crippen molar-refractivity contribution < 1.29 is 9.84 Å². The van der Waals surface area contributed by atoms with Gasteiger partial charge >= 0.3 is 0 Å². The van der Waals surface area contributed by atoms with Gasteiger partial charge in [-0.15, -0.1) is 0 Å². The minimum atomic E-state index is -0.273. The maximum Gasteiger partial charge on any atom is 0.0950 e. The minimum absolute atomic E-state index is 0.250. The summed E-state index contributed by atoms with van der Waals surface area (Å²) in [5.41, 5.74) is 0. The van der Waals surface area contributed by atoms with Crippen LogP contribution in [0.5, 0.6) is 0 Å². The zero-order valence-corrected chi connectivity index (χ0v) is 10.9. The van der Waals surface area contributed by atoms with E-state index in [0.717, 1.165) is 32.1 Å². The highest BCUT2D eigenvalue weighted by Crippen LogP contribution is 2.22. The summed E-state index contributed by atoms with van der Waals surface area (Å²) in [6.07, 6.45) is 3.44. The summed E-state index contributed by atoms with van der Waals surface area (Å²) < 4.78 is 5.32. The van der Waals surface area contributed by atoms with Crippen LogP contribution >= 0.6 is 0 Å². The molecule has 4 nitrogen and oxygen atoms in total. The number of aliphatic hydroxyl groups is 1. The summed E-state index contributed by atoms with van der Waals surface area (Å²) in [5.74, 6) is 0.817. The smallest absolute Gasteiger partial charge is 0.0950 e. The molecule has 0 amide bonds. The fourth-order valence-corrected chi connectivity index (χ4v) is 2.85. The van der Waals surface area contributed by atoms with Gasteiger partial charge in [-0.1, -0.05) is 6.92 Å². The average molecular weight is 242 g/mol. The molecule has 17 heavy (non-hydrogen) atoms. The second-order valence-electron chi connectivity index (χ2n) is 5.36. The molecule has 2 rings (SSSR count). The Morgan fingerprint density at radius 3 is 2.65 bits per heavy atom. The van der Waals surface area contributed by atoms with Crippen LogP contribution in [0.25, 0.3) is 0 Å². The van der Waals surface area contributed by atoms with Gasteiger partial charge in [0.1, 0.15) is 0 Å². The molecule has 2 saturated heterocycles. The molecule has 2 heterocycles. The van der Waals surface area contributed by atoms with Gasteiger partial charge in [-0.05, 0) is 51.4 Å². The first-order chi connectivity index (χ1) is 8.31. The summed E-state index contributed by atoms with van der Waals surface area (Å²) in [5, 5.41) is 13.3. The van der Waals surface area contributed by atoms with Crippen LogP contribution < -0.4 is 5.32 Å². The third kappa shape index (κ3) is 3.65.